The zero-order chi connectivity index (χ0) is 21.7. The molecule has 6 nitrogen and oxygen atoms in total. The Balaban J connectivity index is 0.000000213. The molecule has 0 aromatic carbocycles. The van der Waals surface area contributed by atoms with Crippen molar-refractivity contribution in [3.05, 3.63) is 77.9 Å². The van der Waals surface area contributed by atoms with Crippen LogP contribution in [0.1, 0.15) is 98.6 Å². The summed E-state index contributed by atoms with van der Waals surface area (Å²) in [6, 6.07) is 6.54. The van der Waals surface area contributed by atoms with E-state index in [0.29, 0.717) is 32.7 Å². The zero-order valence-corrected chi connectivity index (χ0v) is 21.7. The van der Waals surface area contributed by atoms with E-state index in [-0.39, 0.29) is 19.5 Å². The number of pyridine rings is 2. The predicted molar refractivity (Wildman–Crippen MR) is 120 cm³/mol. The van der Waals surface area contributed by atoms with Crippen LogP contribution in [0.25, 0.3) is 0 Å². The number of aromatic nitrogens is 2. The summed E-state index contributed by atoms with van der Waals surface area (Å²) in [5.41, 5.74) is 2.31. The summed E-state index contributed by atoms with van der Waals surface area (Å²) in [4.78, 5) is 22.7. The molecular formula is C24H32N2O4Zn. The summed E-state index contributed by atoms with van der Waals surface area (Å²) in [5.74, 6) is 0.590. The van der Waals surface area contributed by atoms with Crippen molar-refractivity contribution in [1.82, 2.24) is 9.46 Å². The van der Waals surface area contributed by atoms with Gasteiger partial charge in [-0.25, -0.2) is 0 Å². The monoisotopic (exact) mass is 476 g/mol. The SMILES string of the molecule is Cc1cc(C2CCCCC2)n([O-])c(=O)c1.Cc1cc(C2CCCCC2)n([O-])c(=O)c1.[Zn+2]. The van der Waals surface area contributed by atoms with E-state index >= 15 is 0 Å². The number of aryl methyl sites for hydroxylation is 2. The first-order valence-corrected chi connectivity index (χ1v) is 11.2. The summed E-state index contributed by atoms with van der Waals surface area (Å²) < 4.78 is 1.14. The minimum absolute atomic E-state index is 0. The fourth-order valence-electron chi connectivity index (χ4n) is 4.79. The van der Waals surface area contributed by atoms with Crippen molar-refractivity contribution in [2.45, 2.75) is 89.9 Å². The van der Waals surface area contributed by atoms with Gasteiger partial charge in [0, 0.05) is 23.5 Å². The number of nitrogens with zero attached hydrogens (tertiary/aromatic N) is 2. The molecule has 0 amide bonds. The molecule has 2 aromatic heterocycles. The molecule has 0 saturated heterocycles. The maximum atomic E-state index is 11.6. The van der Waals surface area contributed by atoms with Crippen LogP contribution in [0.2, 0.25) is 0 Å². The van der Waals surface area contributed by atoms with Crippen LogP contribution in [0.5, 0.6) is 0 Å². The predicted octanol–water partition coefficient (Wildman–Crippen LogP) is 5.10. The first kappa shape index (κ1) is 25.4. The van der Waals surface area contributed by atoms with Crippen LogP contribution in [0.3, 0.4) is 0 Å². The molecule has 2 aromatic rings. The molecule has 0 atom stereocenters. The maximum absolute atomic E-state index is 11.6. The third-order valence-corrected chi connectivity index (χ3v) is 6.37. The van der Waals surface area contributed by atoms with Gasteiger partial charge in [-0.3, -0.25) is 9.59 Å². The smallest absolute Gasteiger partial charge is 0.803 e. The van der Waals surface area contributed by atoms with Gasteiger partial charge in [-0.15, -0.1) is 0 Å². The van der Waals surface area contributed by atoms with Crippen LogP contribution in [-0.2, 0) is 19.5 Å². The molecule has 0 radical (unpaired) electrons. The van der Waals surface area contributed by atoms with E-state index in [1.54, 1.807) is 0 Å². The van der Waals surface area contributed by atoms with Gasteiger partial charge in [-0.05, 0) is 74.6 Å². The Morgan fingerprint density at radius 2 is 0.968 bits per heavy atom. The Labute approximate surface area is 196 Å². The molecule has 31 heavy (non-hydrogen) atoms. The second-order valence-electron chi connectivity index (χ2n) is 8.85. The Morgan fingerprint density at radius 1 is 0.645 bits per heavy atom. The van der Waals surface area contributed by atoms with Crippen LogP contribution in [0.4, 0.5) is 0 Å². The fourth-order valence-corrected chi connectivity index (χ4v) is 4.79. The molecule has 164 valence electrons. The first-order valence-electron chi connectivity index (χ1n) is 11.2. The minimum atomic E-state index is -0.421. The van der Waals surface area contributed by atoms with Crippen LogP contribution >= 0.6 is 0 Å². The number of hydrogen-bond acceptors (Lipinski definition) is 4. The molecule has 0 unspecified atom stereocenters. The van der Waals surface area contributed by atoms with Crippen molar-refractivity contribution < 1.29 is 19.5 Å². The van der Waals surface area contributed by atoms with Gasteiger partial charge in [-0.2, -0.15) is 0 Å². The quantitative estimate of drug-likeness (QED) is 0.563. The first-order chi connectivity index (χ1) is 14.4. The Kier molecular flexibility index (Phi) is 9.55. The average Bonchev–Trinajstić information content (AvgIpc) is 2.75. The molecule has 0 bridgehead atoms. The van der Waals surface area contributed by atoms with Crippen LogP contribution in [0, 0.1) is 24.3 Å². The fraction of sp³-hybridized carbons (Fsp3) is 0.583. The second-order valence-corrected chi connectivity index (χ2v) is 8.85. The topological polar surface area (TPSA) is 90.1 Å². The number of rotatable bonds is 2. The summed E-state index contributed by atoms with van der Waals surface area (Å²) >= 11 is 0. The van der Waals surface area contributed by atoms with Gasteiger partial charge >= 0.3 is 19.5 Å². The summed E-state index contributed by atoms with van der Waals surface area (Å²) in [7, 11) is 0. The van der Waals surface area contributed by atoms with Gasteiger partial charge in [0.05, 0.1) is 0 Å². The molecule has 2 aliphatic carbocycles. The van der Waals surface area contributed by atoms with Crippen molar-refractivity contribution >= 4 is 0 Å². The van der Waals surface area contributed by atoms with Crippen molar-refractivity contribution in [1.29, 1.82) is 0 Å². The van der Waals surface area contributed by atoms with Crippen molar-refractivity contribution in [3.63, 3.8) is 0 Å². The van der Waals surface area contributed by atoms with Crippen molar-refractivity contribution in [2.24, 2.45) is 0 Å². The molecule has 2 heterocycles. The summed E-state index contributed by atoms with van der Waals surface area (Å²) in [5, 5.41) is 23.2. The third kappa shape index (κ3) is 6.55. The van der Waals surface area contributed by atoms with E-state index in [1.807, 2.05) is 26.0 Å². The zero-order valence-electron chi connectivity index (χ0n) is 18.8. The van der Waals surface area contributed by atoms with Crippen molar-refractivity contribution in [2.75, 3.05) is 0 Å². The van der Waals surface area contributed by atoms with Gasteiger partial charge in [0.2, 0.25) is 11.1 Å². The molecule has 7 heteroatoms. The normalized spacial score (nSPS) is 17.4. The molecule has 4 rings (SSSR count). The Bertz CT molecular complexity index is 891. The Morgan fingerprint density at radius 3 is 1.29 bits per heavy atom. The van der Waals surface area contributed by atoms with Gasteiger partial charge in [0.15, 0.2) is 0 Å². The standard InChI is InChI=1S/2C12H16NO2.Zn/c2*1-9-7-11(13(15)12(14)8-9)10-5-3-2-4-6-10;/h2*7-8,10H,2-6H2,1H3;/q2*-1;+2. The van der Waals surface area contributed by atoms with Gasteiger partial charge in [0.25, 0.3) is 0 Å². The summed E-state index contributed by atoms with van der Waals surface area (Å²) in [6.45, 7) is 3.74. The van der Waals surface area contributed by atoms with Crippen molar-refractivity contribution in [3.8, 4) is 0 Å². The Hall–Kier alpha value is -1.88. The number of hydrogen-bond donors (Lipinski definition) is 0. The molecular weight excluding hydrogens is 446 g/mol. The van der Waals surface area contributed by atoms with E-state index in [0.717, 1.165) is 36.8 Å². The molecule has 0 spiro atoms. The van der Waals surface area contributed by atoms with E-state index in [9.17, 15) is 20.0 Å². The van der Waals surface area contributed by atoms with E-state index in [1.165, 1.54) is 50.7 Å². The maximum Gasteiger partial charge on any atom is 2.00 e. The molecule has 2 aliphatic rings. The van der Waals surface area contributed by atoms with Crippen LogP contribution < -0.4 is 11.1 Å². The second kappa shape index (κ2) is 11.7. The van der Waals surface area contributed by atoms with Crippen LogP contribution in [0.15, 0.2) is 33.9 Å². The minimum Gasteiger partial charge on any atom is -0.803 e. The van der Waals surface area contributed by atoms with E-state index in [4.69, 9.17) is 0 Å². The molecule has 2 fully saturated rings. The third-order valence-electron chi connectivity index (χ3n) is 6.37. The molecule has 0 aliphatic heterocycles. The van der Waals surface area contributed by atoms with Gasteiger partial charge < -0.3 is 19.9 Å². The summed E-state index contributed by atoms with van der Waals surface area (Å²) in [6.07, 6.45) is 11.4. The largest absolute Gasteiger partial charge is 2.00 e. The van der Waals surface area contributed by atoms with Gasteiger partial charge in [-0.1, -0.05) is 38.5 Å². The van der Waals surface area contributed by atoms with E-state index in [2.05, 4.69) is 0 Å². The van der Waals surface area contributed by atoms with Gasteiger partial charge in [0.1, 0.15) is 0 Å². The van der Waals surface area contributed by atoms with Crippen LogP contribution in [-0.4, -0.2) is 9.46 Å². The van der Waals surface area contributed by atoms with E-state index < -0.39 is 11.1 Å². The molecule has 0 N–H and O–H groups in total. The molecule has 2 saturated carbocycles. The average molecular weight is 478 g/mol.